The van der Waals surface area contributed by atoms with Gasteiger partial charge in [-0.15, -0.1) is 0 Å². The van der Waals surface area contributed by atoms with E-state index in [9.17, 15) is 19.2 Å². The van der Waals surface area contributed by atoms with Crippen molar-refractivity contribution in [3.05, 3.63) is 94.5 Å². The summed E-state index contributed by atoms with van der Waals surface area (Å²) in [4.78, 5) is 51.5. The van der Waals surface area contributed by atoms with Crippen molar-refractivity contribution >= 4 is 46.7 Å². The quantitative estimate of drug-likeness (QED) is 0.295. The Hall–Kier alpha value is -4.68. The molecule has 0 aliphatic carbocycles. The Balaban J connectivity index is 1.81. The van der Waals surface area contributed by atoms with E-state index in [-0.39, 0.29) is 33.9 Å². The number of halogens is 1. The number of rotatable bonds is 7. The summed E-state index contributed by atoms with van der Waals surface area (Å²) < 4.78 is 5.44. The molecule has 3 rings (SSSR count). The minimum absolute atomic E-state index is 0.0655. The van der Waals surface area contributed by atoms with Crippen molar-refractivity contribution in [2.24, 2.45) is 0 Å². The van der Waals surface area contributed by atoms with E-state index in [0.717, 1.165) is 5.56 Å². The number of carbonyl (C=O) groups is 4. The van der Waals surface area contributed by atoms with E-state index in [4.69, 9.17) is 21.6 Å². The van der Waals surface area contributed by atoms with Crippen molar-refractivity contribution in [3.8, 4) is 6.07 Å². The largest absolute Gasteiger partial charge is 0.456 e. The number of amides is 3. The molecule has 3 amide bonds. The van der Waals surface area contributed by atoms with E-state index in [0.29, 0.717) is 0 Å². The normalized spacial score (nSPS) is 11.5. The van der Waals surface area contributed by atoms with Gasteiger partial charge in [-0.2, -0.15) is 5.26 Å². The maximum atomic E-state index is 13.4. The van der Waals surface area contributed by atoms with Gasteiger partial charge < -0.3 is 20.7 Å². The van der Waals surface area contributed by atoms with Crippen molar-refractivity contribution in [1.29, 1.82) is 5.26 Å². The smallest absolute Gasteiger partial charge is 0.340 e. The molecule has 0 fully saturated rings. The summed E-state index contributed by atoms with van der Waals surface area (Å²) >= 11 is 5.97. The lowest BCUT2D eigenvalue weighted by molar-refractivity contribution is -0.137. The maximum Gasteiger partial charge on any atom is 0.340 e. The molecule has 1 unspecified atom stereocenters. The lowest BCUT2D eigenvalue weighted by Crippen LogP contribution is -2.49. The molecule has 0 aliphatic rings. The number of benzene rings is 3. The highest BCUT2D eigenvalue weighted by Gasteiger charge is 2.27. The maximum absolute atomic E-state index is 13.4. The third-order valence-corrected chi connectivity index (χ3v) is 5.42. The molecule has 0 saturated carbocycles. The predicted octanol–water partition coefficient (Wildman–Crippen LogP) is 4.47. The lowest BCUT2D eigenvalue weighted by atomic mass is 10.0. The van der Waals surface area contributed by atoms with Gasteiger partial charge in [0.15, 0.2) is 0 Å². The molecule has 0 saturated heterocycles. The van der Waals surface area contributed by atoms with Crippen LogP contribution in [-0.2, 0) is 25.5 Å². The molecule has 1 atom stereocenters. The lowest BCUT2D eigenvalue weighted by Gasteiger charge is -2.22. The molecule has 200 valence electrons. The highest BCUT2D eigenvalue weighted by atomic mass is 35.5. The third-order valence-electron chi connectivity index (χ3n) is 5.20. The number of hydrogen-bond acceptors (Lipinski definition) is 6. The van der Waals surface area contributed by atoms with Crippen molar-refractivity contribution < 1.29 is 23.9 Å². The number of nitrogens with zero attached hydrogens (tertiary/aromatic N) is 1. The first kappa shape index (κ1) is 28.9. The van der Waals surface area contributed by atoms with Crippen LogP contribution in [0.3, 0.4) is 0 Å². The van der Waals surface area contributed by atoms with Gasteiger partial charge in [-0.05, 0) is 56.7 Å². The monoisotopic (exact) mass is 546 g/mol. The number of hydrogen-bond donors (Lipinski definition) is 3. The zero-order chi connectivity index (χ0) is 28.6. The first-order chi connectivity index (χ1) is 18.4. The fourth-order valence-corrected chi connectivity index (χ4v) is 3.76. The molecule has 0 spiro atoms. The zero-order valence-electron chi connectivity index (χ0n) is 21.6. The Kier molecular flexibility index (Phi) is 9.42. The van der Waals surface area contributed by atoms with Crippen LogP contribution in [0.2, 0.25) is 5.02 Å². The molecule has 0 heterocycles. The van der Waals surface area contributed by atoms with Crippen LogP contribution in [0.15, 0.2) is 72.8 Å². The average molecular weight is 547 g/mol. The number of esters is 1. The molecule has 3 aromatic rings. The van der Waals surface area contributed by atoms with Crippen molar-refractivity contribution in [1.82, 2.24) is 5.32 Å². The van der Waals surface area contributed by atoms with Crippen LogP contribution >= 0.6 is 11.6 Å². The molecular formula is C29H27ClN4O5. The van der Waals surface area contributed by atoms with Gasteiger partial charge in [-0.3, -0.25) is 14.4 Å². The zero-order valence-corrected chi connectivity index (χ0v) is 22.3. The van der Waals surface area contributed by atoms with E-state index < -0.39 is 35.3 Å². The summed E-state index contributed by atoms with van der Waals surface area (Å²) in [7, 11) is 0. The second-order valence-corrected chi connectivity index (χ2v) is 9.98. The fourth-order valence-electron chi connectivity index (χ4n) is 3.52. The molecule has 10 heteroatoms. The number of nitrogens with one attached hydrogen (secondary N) is 3. The SMILES string of the molecule is CC(C)(C)OC(=O)c1ccccc1NC(=O)C(Cc1ccccc1)NC(=O)C(=O)Nc1cc(Cl)cc(C#N)c1. The third kappa shape index (κ3) is 8.69. The van der Waals surface area contributed by atoms with E-state index in [1.54, 1.807) is 57.2 Å². The molecule has 3 N–H and O–H groups in total. The Morgan fingerprint density at radius 2 is 1.59 bits per heavy atom. The van der Waals surface area contributed by atoms with Crippen molar-refractivity contribution in [2.45, 2.75) is 38.8 Å². The number of para-hydroxylation sites is 1. The molecule has 0 aromatic heterocycles. The molecule has 0 radical (unpaired) electrons. The summed E-state index contributed by atoms with van der Waals surface area (Å²) in [5.41, 5.74) is 0.654. The first-order valence-corrected chi connectivity index (χ1v) is 12.3. The van der Waals surface area contributed by atoms with Crippen LogP contribution in [0.5, 0.6) is 0 Å². The molecule has 0 bridgehead atoms. The predicted molar refractivity (Wildman–Crippen MR) is 147 cm³/mol. The molecule has 0 aliphatic heterocycles. The number of nitriles is 1. The van der Waals surface area contributed by atoms with Crippen molar-refractivity contribution in [3.63, 3.8) is 0 Å². The molecule has 39 heavy (non-hydrogen) atoms. The van der Waals surface area contributed by atoms with Gasteiger partial charge >= 0.3 is 17.8 Å². The van der Waals surface area contributed by atoms with E-state index in [1.165, 1.54) is 30.3 Å². The molecule has 3 aromatic carbocycles. The highest BCUT2D eigenvalue weighted by Crippen LogP contribution is 2.21. The number of anilines is 2. The van der Waals surface area contributed by atoms with Crippen LogP contribution in [0.4, 0.5) is 11.4 Å². The second kappa shape index (κ2) is 12.7. The van der Waals surface area contributed by atoms with Gasteiger partial charge in [0.2, 0.25) is 5.91 Å². The topological polar surface area (TPSA) is 137 Å². The van der Waals surface area contributed by atoms with Crippen LogP contribution in [0, 0.1) is 11.3 Å². The van der Waals surface area contributed by atoms with Crippen LogP contribution in [0.25, 0.3) is 0 Å². The number of ether oxygens (including phenoxy) is 1. The van der Waals surface area contributed by atoms with Gasteiger partial charge in [0, 0.05) is 17.1 Å². The Bertz CT molecular complexity index is 1430. The standard InChI is InChI=1S/C29H27ClN4O5/c1-29(2,3)39-28(38)22-11-7-8-12-23(22)33-25(35)24(15-18-9-5-4-6-10-18)34-27(37)26(36)32-21-14-19(17-31)13-20(30)16-21/h4-14,16,24H,15H2,1-3H3,(H,32,36)(H,33,35)(H,34,37). The van der Waals surface area contributed by atoms with Gasteiger partial charge in [-0.25, -0.2) is 4.79 Å². The summed E-state index contributed by atoms with van der Waals surface area (Å²) in [5.74, 6) is -3.41. The van der Waals surface area contributed by atoms with Crippen LogP contribution in [-0.4, -0.2) is 35.3 Å². The number of carbonyl (C=O) groups excluding carboxylic acids is 4. The van der Waals surface area contributed by atoms with Gasteiger partial charge in [0.05, 0.1) is 22.9 Å². The van der Waals surface area contributed by atoms with Crippen LogP contribution < -0.4 is 16.0 Å². The minimum atomic E-state index is -1.17. The summed E-state index contributed by atoms with van der Waals surface area (Å²) in [6.07, 6.45) is 0.0655. The molecular weight excluding hydrogens is 520 g/mol. The van der Waals surface area contributed by atoms with E-state index in [1.807, 2.05) is 12.1 Å². The van der Waals surface area contributed by atoms with Crippen molar-refractivity contribution in [2.75, 3.05) is 10.6 Å². The second-order valence-electron chi connectivity index (χ2n) is 9.55. The minimum Gasteiger partial charge on any atom is -0.456 e. The van der Waals surface area contributed by atoms with Gasteiger partial charge in [0.1, 0.15) is 11.6 Å². The molecule has 9 nitrogen and oxygen atoms in total. The Morgan fingerprint density at radius 3 is 2.26 bits per heavy atom. The van der Waals surface area contributed by atoms with E-state index in [2.05, 4.69) is 16.0 Å². The van der Waals surface area contributed by atoms with Crippen LogP contribution in [0.1, 0.15) is 42.3 Å². The fraction of sp³-hybridized carbons (Fsp3) is 0.207. The summed E-state index contributed by atoms with van der Waals surface area (Å²) in [6, 6.07) is 20.1. The van der Waals surface area contributed by atoms with Gasteiger partial charge in [0.25, 0.3) is 0 Å². The highest BCUT2D eigenvalue weighted by molar-refractivity contribution is 6.40. The Morgan fingerprint density at radius 1 is 0.923 bits per heavy atom. The summed E-state index contributed by atoms with van der Waals surface area (Å²) in [6.45, 7) is 5.19. The Labute approximate surface area is 231 Å². The summed E-state index contributed by atoms with van der Waals surface area (Å²) in [5, 5.41) is 16.8. The first-order valence-electron chi connectivity index (χ1n) is 11.9. The average Bonchev–Trinajstić information content (AvgIpc) is 2.87. The van der Waals surface area contributed by atoms with E-state index >= 15 is 0 Å². The van der Waals surface area contributed by atoms with Gasteiger partial charge in [-0.1, -0.05) is 54.1 Å².